The van der Waals surface area contributed by atoms with Gasteiger partial charge in [-0.25, -0.2) is 0 Å². The third-order valence-corrected chi connectivity index (χ3v) is 7.94. The van der Waals surface area contributed by atoms with Crippen molar-refractivity contribution in [2.24, 2.45) is 17.8 Å². The lowest BCUT2D eigenvalue weighted by molar-refractivity contribution is -0.127. The molecule has 1 N–H and O–H groups in total. The third-order valence-electron chi connectivity index (χ3n) is 7.94. The van der Waals surface area contributed by atoms with Crippen LogP contribution in [0.25, 0.3) is 11.3 Å². The normalized spacial score (nSPS) is 24.3. The van der Waals surface area contributed by atoms with Crippen LogP contribution < -0.4 is 4.90 Å². The lowest BCUT2D eigenvalue weighted by Crippen LogP contribution is -2.45. The second kappa shape index (κ2) is 10.7. The van der Waals surface area contributed by atoms with E-state index in [9.17, 15) is 19.5 Å². The molecule has 8 nitrogen and oxygen atoms in total. The summed E-state index contributed by atoms with van der Waals surface area (Å²) in [6, 6.07) is 10.2. The molecule has 204 valence electrons. The van der Waals surface area contributed by atoms with Gasteiger partial charge in [-0.05, 0) is 62.1 Å². The van der Waals surface area contributed by atoms with Gasteiger partial charge in [-0.1, -0.05) is 25.2 Å². The molecule has 2 heterocycles. The first-order chi connectivity index (χ1) is 18.7. The Hall–Kier alpha value is -3.91. The summed E-state index contributed by atoms with van der Waals surface area (Å²) >= 11 is 0. The Morgan fingerprint density at radius 1 is 1.18 bits per heavy atom. The standard InChI is InChI=1S/C31H34N2O6/c1-18-17-24(18)28(34)26-27(22-7-5-6-8-23(22)30(36)32(3)15-16-38-4)33(31(37)29(26)35)21-12-10-20(11-13-21)25-14-9-19(2)39-25/h5-6,8-14,18,22,24,27,35H,7,15-17H2,1-4H3/t18?,22?,24-,27?/m1/s1. The van der Waals surface area contributed by atoms with E-state index in [1.54, 1.807) is 37.3 Å². The molecule has 2 amide bonds. The fraction of sp³-hybridized carbons (Fsp3) is 0.387. The molecule has 1 saturated carbocycles. The number of furan rings is 1. The van der Waals surface area contributed by atoms with E-state index < -0.39 is 23.6 Å². The first kappa shape index (κ1) is 26.7. The fourth-order valence-electron chi connectivity index (χ4n) is 5.54. The van der Waals surface area contributed by atoms with E-state index in [1.165, 1.54) is 4.90 Å². The number of Topliss-reactive ketones (excluding diaryl/α,β-unsaturated/α-hetero) is 1. The van der Waals surface area contributed by atoms with Crippen LogP contribution in [0.3, 0.4) is 0 Å². The Morgan fingerprint density at radius 3 is 2.51 bits per heavy atom. The number of ether oxygens (including phenoxy) is 1. The van der Waals surface area contributed by atoms with Gasteiger partial charge < -0.3 is 19.2 Å². The van der Waals surface area contributed by atoms with Crippen molar-refractivity contribution in [3.05, 3.63) is 77.3 Å². The maximum atomic E-state index is 13.6. The monoisotopic (exact) mass is 530 g/mol. The van der Waals surface area contributed by atoms with E-state index in [1.807, 2.05) is 50.3 Å². The summed E-state index contributed by atoms with van der Waals surface area (Å²) in [5.74, 6) is -0.614. The molecule has 1 aromatic carbocycles. The van der Waals surface area contributed by atoms with Gasteiger partial charge in [0.2, 0.25) is 5.91 Å². The van der Waals surface area contributed by atoms with Gasteiger partial charge in [0.05, 0.1) is 18.2 Å². The van der Waals surface area contributed by atoms with Crippen molar-refractivity contribution >= 4 is 23.3 Å². The highest BCUT2D eigenvalue weighted by molar-refractivity contribution is 6.17. The van der Waals surface area contributed by atoms with Gasteiger partial charge in [0, 0.05) is 49.4 Å². The van der Waals surface area contributed by atoms with Crippen LogP contribution in [0.15, 0.2) is 75.9 Å². The zero-order valence-corrected chi connectivity index (χ0v) is 22.7. The van der Waals surface area contributed by atoms with Crippen molar-refractivity contribution in [1.82, 2.24) is 4.90 Å². The minimum Gasteiger partial charge on any atom is -0.503 e. The van der Waals surface area contributed by atoms with Crippen LogP contribution in [0.5, 0.6) is 0 Å². The Morgan fingerprint density at radius 2 is 1.90 bits per heavy atom. The van der Waals surface area contributed by atoms with Crippen LogP contribution in [0.2, 0.25) is 0 Å². The molecule has 0 spiro atoms. The smallest absolute Gasteiger partial charge is 0.294 e. The number of amides is 2. The third kappa shape index (κ3) is 4.96. The van der Waals surface area contributed by atoms with Gasteiger partial charge in [0.1, 0.15) is 11.5 Å². The SMILES string of the molecule is COCCN(C)C(=O)C1=CC=CCC1C1C(C(=O)[C@@H]2CC2C)=C(O)C(=O)N1c1ccc(-c2ccc(C)o2)cc1. The molecule has 2 aromatic rings. The lowest BCUT2D eigenvalue weighted by atomic mass is 9.79. The molecule has 1 aromatic heterocycles. The molecule has 5 rings (SSSR count). The summed E-state index contributed by atoms with van der Waals surface area (Å²) in [4.78, 5) is 43.9. The van der Waals surface area contributed by atoms with Gasteiger partial charge in [-0.3, -0.25) is 19.3 Å². The number of carbonyl (C=O) groups is 3. The molecule has 1 fully saturated rings. The first-order valence-corrected chi connectivity index (χ1v) is 13.3. The van der Waals surface area contributed by atoms with E-state index in [-0.39, 0.29) is 29.1 Å². The minimum absolute atomic E-state index is 0.110. The highest BCUT2D eigenvalue weighted by Crippen LogP contribution is 2.46. The summed E-state index contributed by atoms with van der Waals surface area (Å²) in [6.07, 6.45) is 6.67. The zero-order chi connectivity index (χ0) is 27.8. The predicted octanol–water partition coefficient (Wildman–Crippen LogP) is 4.61. The van der Waals surface area contributed by atoms with E-state index in [0.717, 1.165) is 17.7 Å². The van der Waals surface area contributed by atoms with Crippen LogP contribution in [0.1, 0.15) is 25.5 Å². The highest BCUT2D eigenvalue weighted by Gasteiger charge is 2.52. The molecular weight excluding hydrogens is 496 g/mol. The number of benzene rings is 1. The molecule has 3 aliphatic rings. The fourth-order valence-corrected chi connectivity index (χ4v) is 5.54. The van der Waals surface area contributed by atoms with Crippen LogP contribution in [-0.2, 0) is 19.1 Å². The van der Waals surface area contributed by atoms with Crippen LogP contribution >= 0.6 is 0 Å². The molecule has 0 saturated heterocycles. The summed E-state index contributed by atoms with van der Waals surface area (Å²) in [5.41, 5.74) is 1.97. The number of nitrogens with zero attached hydrogens (tertiary/aromatic N) is 2. The van der Waals surface area contributed by atoms with E-state index in [0.29, 0.717) is 36.6 Å². The Labute approximate surface area is 228 Å². The molecule has 39 heavy (non-hydrogen) atoms. The summed E-state index contributed by atoms with van der Waals surface area (Å²) in [5, 5.41) is 11.1. The van der Waals surface area contributed by atoms with Crippen LogP contribution in [0.4, 0.5) is 5.69 Å². The molecule has 8 heteroatoms. The maximum Gasteiger partial charge on any atom is 0.294 e. The van der Waals surface area contributed by atoms with Gasteiger partial charge in [-0.2, -0.15) is 0 Å². The second-order valence-corrected chi connectivity index (χ2v) is 10.6. The van der Waals surface area contributed by atoms with Crippen molar-refractivity contribution in [3.8, 4) is 11.3 Å². The van der Waals surface area contributed by atoms with Crippen molar-refractivity contribution in [2.45, 2.75) is 32.7 Å². The molecular formula is C31H34N2O6. The van der Waals surface area contributed by atoms with Crippen molar-refractivity contribution in [1.29, 1.82) is 0 Å². The number of aliphatic hydroxyl groups is 1. The maximum absolute atomic E-state index is 13.6. The number of hydrogen-bond donors (Lipinski definition) is 1. The number of anilines is 1. The summed E-state index contributed by atoms with van der Waals surface area (Å²) < 4.78 is 10.9. The van der Waals surface area contributed by atoms with Crippen molar-refractivity contribution in [3.63, 3.8) is 0 Å². The topological polar surface area (TPSA) is 100 Å². The molecule has 2 aliphatic carbocycles. The number of rotatable bonds is 9. The number of aryl methyl sites for hydroxylation is 1. The minimum atomic E-state index is -0.814. The average molecular weight is 531 g/mol. The Kier molecular flexibility index (Phi) is 7.32. The van der Waals surface area contributed by atoms with Gasteiger partial charge in [0.15, 0.2) is 11.5 Å². The van der Waals surface area contributed by atoms with Crippen molar-refractivity contribution < 1.29 is 28.6 Å². The average Bonchev–Trinajstić information content (AvgIpc) is 3.42. The Balaban J connectivity index is 1.54. The molecule has 0 bridgehead atoms. The number of hydrogen-bond acceptors (Lipinski definition) is 6. The van der Waals surface area contributed by atoms with Crippen LogP contribution in [0, 0.1) is 24.7 Å². The highest BCUT2D eigenvalue weighted by atomic mass is 16.5. The van der Waals surface area contributed by atoms with E-state index in [2.05, 4.69) is 0 Å². The zero-order valence-electron chi connectivity index (χ0n) is 22.7. The quantitative estimate of drug-likeness (QED) is 0.508. The number of ketones is 1. The van der Waals surface area contributed by atoms with E-state index in [4.69, 9.17) is 9.15 Å². The molecule has 0 radical (unpaired) electrons. The lowest BCUT2D eigenvalue weighted by Gasteiger charge is -2.35. The molecule has 4 atom stereocenters. The number of methoxy groups -OCH3 is 1. The number of aliphatic hydroxyl groups excluding tert-OH is 1. The summed E-state index contributed by atoms with van der Waals surface area (Å²) in [6.45, 7) is 4.64. The number of carbonyl (C=O) groups excluding carboxylic acids is 3. The number of likely N-dealkylation sites (N-methyl/N-ethyl adjacent to an activating group) is 1. The number of allylic oxidation sites excluding steroid dienone is 3. The first-order valence-electron chi connectivity index (χ1n) is 13.3. The van der Waals surface area contributed by atoms with Crippen LogP contribution in [-0.4, -0.2) is 61.0 Å². The van der Waals surface area contributed by atoms with Gasteiger partial charge in [0.25, 0.3) is 5.91 Å². The Bertz CT molecular complexity index is 1380. The predicted molar refractivity (Wildman–Crippen MR) is 147 cm³/mol. The molecule has 1 aliphatic heterocycles. The molecule has 3 unspecified atom stereocenters. The largest absolute Gasteiger partial charge is 0.503 e. The van der Waals surface area contributed by atoms with Gasteiger partial charge >= 0.3 is 0 Å². The second-order valence-electron chi connectivity index (χ2n) is 10.6. The summed E-state index contributed by atoms with van der Waals surface area (Å²) in [7, 11) is 3.28. The van der Waals surface area contributed by atoms with Gasteiger partial charge in [-0.15, -0.1) is 0 Å². The van der Waals surface area contributed by atoms with E-state index >= 15 is 0 Å². The van der Waals surface area contributed by atoms with Crippen molar-refractivity contribution in [2.75, 3.05) is 32.2 Å².